The lowest BCUT2D eigenvalue weighted by Crippen LogP contribution is -2.39. The van der Waals surface area contributed by atoms with Crippen molar-refractivity contribution < 1.29 is 17.9 Å². The van der Waals surface area contributed by atoms with Crippen LogP contribution >= 0.6 is 0 Å². The molecule has 0 N–H and O–H groups in total. The number of morpholine rings is 1. The first-order valence-electron chi connectivity index (χ1n) is 8.31. The van der Waals surface area contributed by atoms with E-state index < -0.39 is 11.6 Å². The summed E-state index contributed by atoms with van der Waals surface area (Å²) in [5.74, 6) is -0.365. The third-order valence-electron chi connectivity index (χ3n) is 4.07. The maximum absolute atomic E-state index is 13.2. The van der Waals surface area contributed by atoms with E-state index in [1.54, 1.807) is 12.1 Å². The average Bonchev–Trinajstić information content (AvgIpc) is 3.09. The van der Waals surface area contributed by atoms with Crippen molar-refractivity contribution in [1.29, 1.82) is 0 Å². The van der Waals surface area contributed by atoms with Crippen LogP contribution in [0.15, 0.2) is 28.7 Å². The molecule has 0 saturated carbocycles. The quantitative estimate of drug-likeness (QED) is 0.826. The molecule has 1 atom stereocenters. The molecule has 0 radical (unpaired) electrons. The highest BCUT2D eigenvalue weighted by Gasteiger charge is 2.28. The molecule has 25 heavy (non-hydrogen) atoms. The van der Waals surface area contributed by atoms with Gasteiger partial charge in [0.05, 0.1) is 13.2 Å². The largest absolute Gasteiger partial charge is 0.423 e. The molecule has 1 fully saturated rings. The molecule has 2 aromatic rings. The zero-order valence-corrected chi connectivity index (χ0v) is 14.3. The van der Waals surface area contributed by atoms with Crippen molar-refractivity contribution in [3.8, 4) is 0 Å². The second kappa shape index (κ2) is 7.84. The standard InChI is InChI=1S/C18H21F2N3O2/c1-12(2)17-21-22-18(25-17)16-11-24-9-8-23(16)7-3-4-13-5-6-14(19)15(20)10-13/h3-6,10,12,16H,7-9,11H2,1-2H3/b4-3+. The lowest BCUT2D eigenvalue weighted by atomic mass is 10.2. The van der Waals surface area contributed by atoms with Crippen LogP contribution in [0.3, 0.4) is 0 Å². The molecule has 3 rings (SSSR count). The van der Waals surface area contributed by atoms with E-state index in [0.717, 1.165) is 12.6 Å². The van der Waals surface area contributed by atoms with Gasteiger partial charge in [0.25, 0.3) is 0 Å². The van der Waals surface area contributed by atoms with Crippen molar-refractivity contribution in [3.05, 3.63) is 53.3 Å². The number of nitrogens with zero attached hydrogens (tertiary/aromatic N) is 3. The minimum absolute atomic E-state index is 0.108. The Labute approximate surface area is 145 Å². The van der Waals surface area contributed by atoms with E-state index in [2.05, 4.69) is 15.1 Å². The number of hydrogen-bond donors (Lipinski definition) is 0. The summed E-state index contributed by atoms with van der Waals surface area (Å²) in [6.07, 6.45) is 3.67. The second-order valence-electron chi connectivity index (χ2n) is 6.29. The van der Waals surface area contributed by atoms with Crippen LogP contribution in [-0.2, 0) is 4.74 Å². The first-order valence-corrected chi connectivity index (χ1v) is 8.31. The van der Waals surface area contributed by atoms with E-state index in [9.17, 15) is 8.78 Å². The van der Waals surface area contributed by atoms with Crippen molar-refractivity contribution in [3.63, 3.8) is 0 Å². The summed E-state index contributed by atoms with van der Waals surface area (Å²) in [4.78, 5) is 2.16. The van der Waals surface area contributed by atoms with Crippen LogP contribution in [0, 0.1) is 11.6 Å². The molecule has 1 unspecified atom stereocenters. The molecular weight excluding hydrogens is 328 g/mol. The Balaban J connectivity index is 1.68. The predicted molar refractivity (Wildman–Crippen MR) is 88.9 cm³/mol. The molecule has 0 bridgehead atoms. The Bertz CT molecular complexity index is 746. The van der Waals surface area contributed by atoms with Crippen LogP contribution in [0.2, 0.25) is 0 Å². The molecule has 1 aliphatic heterocycles. The van der Waals surface area contributed by atoms with Gasteiger partial charge in [-0.2, -0.15) is 0 Å². The minimum Gasteiger partial charge on any atom is -0.423 e. The Morgan fingerprint density at radius 3 is 2.84 bits per heavy atom. The first-order chi connectivity index (χ1) is 12.0. The maximum atomic E-state index is 13.2. The molecule has 0 aliphatic carbocycles. The Hall–Kier alpha value is -2.12. The SMILES string of the molecule is CC(C)c1nnc(C2COCCN2C/C=C/c2ccc(F)c(F)c2)o1. The number of hydrogen-bond acceptors (Lipinski definition) is 5. The third kappa shape index (κ3) is 4.29. The summed E-state index contributed by atoms with van der Waals surface area (Å²) in [6.45, 7) is 6.45. The highest BCUT2D eigenvalue weighted by molar-refractivity contribution is 5.49. The molecule has 0 amide bonds. The minimum atomic E-state index is -0.849. The lowest BCUT2D eigenvalue weighted by molar-refractivity contribution is -0.0127. The van der Waals surface area contributed by atoms with Crippen LogP contribution in [0.4, 0.5) is 8.78 Å². The number of benzene rings is 1. The summed E-state index contributed by atoms with van der Waals surface area (Å²) in [6, 6.07) is 3.73. The molecular formula is C18H21F2N3O2. The topological polar surface area (TPSA) is 51.4 Å². The van der Waals surface area contributed by atoms with Crippen molar-refractivity contribution in [2.45, 2.75) is 25.8 Å². The molecule has 2 heterocycles. The van der Waals surface area contributed by atoms with Gasteiger partial charge in [-0.3, -0.25) is 4.90 Å². The van der Waals surface area contributed by atoms with Gasteiger partial charge >= 0.3 is 0 Å². The Morgan fingerprint density at radius 1 is 1.28 bits per heavy atom. The maximum Gasteiger partial charge on any atom is 0.236 e. The van der Waals surface area contributed by atoms with E-state index in [-0.39, 0.29) is 12.0 Å². The van der Waals surface area contributed by atoms with Gasteiger partial charge in [0.1, 0.15) is 6.04 Å². The van der Waals surface area contributed by atoms with Gasteiger partial charge in [0.2, 0.25) is 11.8 Å². The van der Waals surface area contributed by atoms with Gasteiger partial charge in [-0.25, -0.2) is 8.78 Å². The van der Waals surface area contributed by atoms with Crippen molar-refractivity contribution in [1.82, 2.24) is 15.1 Å². The number of halogens is 2. The fourth-order valence-corrected chi connectivity index (χ4v) is 2.64. The smallest absolute Gasteiger partial charge is 0.236 e. The Morgan fingerprint density at radius 2 is 2.12 bits per heavy atom. The monoisotopic (exact) mass is 349 g/mol. The normalized spacial score (nSPS) is 19.2. The molecule has 0 spiro atoms. The first kappa shape index (κ1) is 17.7. The summed E-state index contributed by atoms with van der Waals surface area (Å²) in [5, 5.41) is 8.22. The molecule has 1 aromatic carbocycles. The van der Waals surface area contributed by atoms with Crippen molar-refractivity contribution >= 4 is 6.08 Å². The predicted octanol–water partition coefficient (Wildman–Crippen LogP) is 3.56. The van der Waals surface area contributed by atoms with E-state index in [1.807, 2.05) is 19.9 Å². The zero-order valence-electron chi connectivity index (χ0n) is 14.3. The zero-order chi connectivity index (χ0) is 17.8. The summed E-state index contributed by atoms with van der Waals surface area (Å²) in [5.41, 5.74) is 0.614. The number of aromatic nitrogens is 2. The van der Waals surface area contributed by atoms with Crippen molar-refractivity contribution in [2.24, 2.45) is 0 Å². The molecule has 1 aromatic heterocycles. The van der Waals surface area contributed by atoms with Crippen LogP contribution in [0.25, 0.3) is 6.08 Å². The summed E-state index contributed by atoms with van der Waals surface area (Å²) >= 11 is 0. The number of rotatable bonds is 5. The van der Waals surface area contributed by atoms with Crippen molar-refractivity contribution in [2.75, 3.05) is 26.3 Å². The molecule has 1 saturated heterocycles. The van der Waals surface area contributed by atoms with Gasteiger partial charge in [0, 0.05) is 19.0 Å². The molecule has 1 aliphatic rings. The van der Waals surface area contributed by atoms with E-state index in [1.165, 1.54) is 6.07 Å². The fourth-order valence-electron chi connectivity index (χ4n) is 2.64. The fraction of sp³-hybridized carbons (Fsp3) is 0.444. The van der Waals surface area contributed by atoms with E-state index in [4.69, 9.17) is 9.15 Å². The second-order valence-corrected chi connectivity index (χ2v) is 6.29. The number of ether oxygens (including phenoxy) is 1. The van der Waals surface area contributed by atoms with Gasteiger partial charge in [-0.15, -0.1) is 10.2 Å². The molecule has 7 heteroatoms. The van der Waals surface area contributed by atoms with E-state index in [0.29, 0.717) is 37.1 Å². The van der Waals surface area contributed by atoms with Gasteiger partial charge in [0.15, 0.2) is 11.6 Å². The van der Waals surface area contributed by atoms with Gasteiger partial charge < -0.3 is 9.15 Å². The van der Waals surface area contributed by atoms with Crippen LogP contribution < -0.4 is 0 Å². The highest BCUT2D eigenvalue weighted by Crippen LogP contribution is 2.25. The van der Waals surface area contributed by atoms with Gasteiger partial charge in [-0.05, 0) is 17.7 Å². The highest BCUT2D eigenvalue weighted by atomic mass is 19.2. The molecule has 5 nitrogen and oxygen atoms in total. The summed E-state index contributed by atoms with van der Waals surface area (Å²) in [7, 11) is 0. The van der Waals surface area contributed by atoms with Gasteiger partial charge in [-0.1, -0.05) is 32.1 Å². The van der Waals surface area contributed by atoms with Crippen LogP contribution in [0.5, 0.6) is 0 Å². The van der Waals surface area contributed by atoms with Crippen LogP contribution in [0.1, 0.15) is 43.2 Å². The molecule has 134 valence electrons. The summed E-state index contributed by atoms with van der Waals surface area (Å²) < 4.78 is 37.5. The lowest BCUT2D eigenvalue weighted by Gasteiger charge is -2.32. The Kier molecular flexibility index (Phi) is 5.55. The third-order valence-corrected chi connectivity index (χ3v) is 4.07. The average molecular weight is 349 g/mol. The van der Waals surface area contributed by atoms with Crippen LogP contribution in [-0.4, -0.2) is 41.4 Å². The van der Waals surface area contributed by atoms with E-state index >= 15 is 0 Å².